The first-order valence-corrected chi connectivity index (χ1v) is 6.18. The van der Waals surface area contributed by atoms with E-state index in [2.05, 4.69) is 31.2 Å². The van der Waals surface area contributed by atoms with Crippen molar-refractivity contribution in [3.05, 3.63) is 27.1 Å². The van der Waals surface area contributed by atoms with Gasteiger partial charge in [0.25, 0.3) is 0 Å². The molecule has 2 rings (SSSR count). The van der Waals surface area contributed by atoms with Crippen LogP contribution >= 0.6 is 15.9 Å². The summed E-state index contributed by atoms with van der Waals surface area (Å²) in [4.78, 5) is 38.2. The second-order valence-corrected chi connectivity index (χ2v) is 4.75. The number of nitrogens with one attached hydrogen (secondary N) is 3. The van der Waals surface area contributed by atoms with E-state index in [1.165, 1.54) is 0 Å². The molecule has 7 nitrogen and oxygen atoms in total. The van der Waals surface area contributed by atoms with Crippen molar-refractivity contribution >= 4 is 44.5 Å². The number of amides is 1. The molecule has 0 aliphatic carbocycles. The normalized spacial score (nSPS) is 10.6. The number of imidazole rings is 1. The van der Waals surface area contributed by atoms with E-state index in [4.69, 9.17) is 5.11 Å². The van der Waals surface area contributed by atoms with Crippen molar-refractivity contribution in [2.45, 2.75) is 12.8 Å². The molecule has 0 aliphatic heterocycles. The van der Waals surface area contributed by atoms with E-state index in [-0.39, 0.29) is 18.5 Å². The number of carboxylic acid groups (broad SMARTS) is 1. The smallest absolute Gasteiger partial charge is 0.323 e. The molecule has 0 spiro atoms. The SMILES string of the molecule is O=C(O)CCC(=O)Nc1cc2[nH]c(=O)[nH]c2cc1Br. The Hall–Kier alpha value is -2.09. The van der Waals surface area contributed by atoms with Crippen LogP contribution in [-0.4, -0.2) is 27.0 Å². The Balaban J connectivity index is 2.20. The van der Waals surface area contributed by atoms with Crippen LogP contribution in [0.5, 0.6) is 0 Å². The molecule has 0 saturated carbocycles. The Morgan fingerprint density at radius 1 is 1.21 bits per heavy atom. The number of aromatic nitrogens is 2. The van der Waals surface area contributed by atoms with Gasteiger partial charge in [-0.3, -0.25) is 9.59 Å². The summed E-state index contributed by atoms with van der Waals surface area (Å²) in [5.74, 6) is -1.43. The fourth-order valence-electron chi connectivity index (χ4n) is 1.58. The Labute approximate surface area is 115 Å². The van der Waals surface area contributed by atoms with Gasteiger partial charge >= 0.3 is 11.7 Å². The van der Waals surface area contributed by atoms with Crippen molar-refractivity contribution in [2.75, 3.05) is 5.32 Å². The first-order chi connectivity index (χ1) is 8.95. The lowest BCUT2D eigenvalue weighted by atomic mass is 10.2. The minimum atomic E-state index is -1.03. The lowest BCUT2D eigenvalue weighted by Crippen LogP contribution is -2.13. The predicted molar refractivity (Wildman–Crippen MR) is 72.1 cm³/mol. The number of carboxylic acids is 1. The van der Waals surface area contributed by atoms with Crippen LogP contribution in [0.2, 0.25) is 0 Å². The van der Waals surface area contributed by atoms with Gasteiger partial charge in [0, 0.05) is 10.9 Å². The predicted octanol–water partition coefficient (Wildman–Crippen LogP) is 1.42. The summed E-state index contributed by atoms with van der Waals surface area (Å²) < 4.78 is 0.596. The molecule has 2 aromatic rings. The first-order valence-electron chi connectivity index (χ1n) is 5.39. The van der Waals surface area contributed by atoms with Crippen LogP contribution in [0.3, 0.4) is 0 Å². The Bertz CT molecular complexity index is 704. The Morgan fingerprint density at radius 3 is 2.47 bits per heavy atom. The molecule has 8 heteroatoms. The van der Waals surface area contributed by atoms with Gasteiger partial charge in [-0.05, 0) is 28.1 Å². The van der Waals surface area contributed by atoms with Crippen LogP contribution in [0.15, 0.2) is 21.4 Å². The third-order valence-corrected chi connectivity index (χ3v) is 3.10. The number of carbonyl (C=O) groups is 2. The van der Waals surface area contributed by atoms with Gasteiger partial charge in [-0.2, -0.15) is 0 Å². The van der Waals surface area contributed by atoms with Gasteiger partial charge in [0.05, 0.1) is 23.1 Å². The van der Waals surface area contributed by atoms with Gasteiger partial charge in [0.2, 0.25) is 5.91 Å². The zero-order chi connectivity index (χ0) is 14.0. The molecule has 0 atom stereocenters. The molecular weight excluding hydrogens is 318 g/mol. The molecule has 19 heavy (non-hydrogen) atoms. The van der Waals surface area contributed by atoms with Crippen LogP contribution in [0.4, 0.5) is 5.69 Å². The van der Waals surface area contributed by atoms with E-state index in [0.29, 0.717) is 21.2 Å². The summed E-state index contributed by atoms with van der Waals surface area (Å²) in [6.45, 7) is 0. The molecule has 0 bridgehead atoms. The maximum atomic E-state index is 11.5. The molecule has 0 unspecified atom stereocenters. The summed E-state index contributed by atoms with van der Waals surface area (Å²) in [5.41, 5.74) is 1.30. The van der Waals surface area contributed by atoms with E-state index in [9.17, 15) is 14.4 Å². The number of aromatic amines is 2. The molecule has 1 aromatic heterocycles. The Kier molecular flexibility index (Phi) is 3.70. The molecule has 1 amide bonds. The second-order valence-electron chi connectivity index (χ2n) is 3.90. The van der Waals surface area contributed by atoms with E-state index < -0.39 is 11.9 Å². The molecule has 0 saturated heterocycles. The molecule has 4 N–H and O–H groups in total. The van der Waals surface area contributed by atoms with Crippen LogP contribution in [0.1, 0.15) is 12.8 Å². The maximum absolute atomic E-state index is 11.5. The number of fused-ring (bicyclic) bond motifs is 1. The summed E-state index contributed by atoms with van der Waals surface area (Å²) in [6, 6.07) is 3.25. The number of anilines is 1. The standard InChI is InChI=1S/C11H10BrN3O4/c12-5-3-7-8(15-11(19)14-7)4-6(5)13-9(16)1-2-10(17)18/h3-4H,1-2H2,(H,13,16)(H,17,18)(H2,14,15,19). The second kappa shape index (κ2) is 5.27. The fourth-order valence-corrected chi connectivity index (χ4v) is 2.03. The number of H-pyrrole nitrogens is 2. The van der Waals surface area contributed by atoms with Crippen molar-refractivity contribution in [3.63, 3.8) is 0 Å². The van der Waals surface area contributed by atoms with Crippen molar-refractivity contribution in [1.29, 1.82) is 0 Å². The molecule has 100 valence electrons. The molecule has 1 heterocycles. The van der Waals surface area contributed by atoms with Gasteiger partial charge in [-0.25, -0.2) is 4.79 Å². The molecule has 1 aromatic carbocycles. The van der Waals surface area contributed by atoms with Crippen molar-refractivity contribution < 1.29 is 14.7 Å². The van der Waals surface area contributed by atoms with E-state index in [1.807, 2.05) is 0 Å². The highest BCUT2D eigenvalue weighted by molar-refractivity contribution is 9.10. The third kappa shape index (κ3) is 3.22. The minimum Gasteiger partial charge on any atom is -0.481 e. The number of hydrogen-bond donors (Lipinski definition) is 4. The highest BCUT2D eigenvalue weighted by atomic mass is 79.9. The number of halogens is 1. The van der Waals surface area contributed by atoms with E-state index >= 15 is 0 Å². The van der Waals surface area contributed by atoms with Gasteiger partial charge in [0.1, 0.15) is 0 Å². The van der Waals surface area contributed by atoms with Gasteiger partial charge in [-0.1, -0.05) is 0 Å². The quantitative estimate of drug-likeness (QED) is 0.679. The van der Waals surface area contributed by atoms with Crippen molar-refractivity contribution in [1.82, 2.24) is 9.97 Å². The van der Waals surface area contributed by atoms with Crippen LogP contribution < -0.4 is 11.0 Å². The summed E-state index contributed by atoms with van der Waals surface area (Å²) in [7, 11) is 0. The molecule has 0 aliphatic rings. The maximum Gasteiger partial charge on any atom is 0.323 e. The van der Waals surface area contributed by atoms with Gasteiger partial charge in [0.15, 0.2) is 0 Å². The summed E-state index contributed by atoms with van der Waals surface area (Å²) in [6.07, 6.45) is -0.337. The van der Waals surface area contributed by atoms with Crippen LogP contribution in [0.25, 0.3) is 11.0 Å². The van der Waals surface area contributed by atoms with Gasteiger partial charge < -0.3 is 20.4 Å². The highest BCUT2D eigenvalue weighted by Crippen LogP contribution is 2.26. The van der Waals surface area contributed by atoms with Crippen LogP contribution in [-0.2, 0) is 9.59 Å². The zero-order valence-electron chi connectivity index (χ0n) is 9.62. The monoisotopic (exact) mass is 327 g/mol. The number of aliphatic carboxylic acids is 1. The zero-order valence-corrected chi connectivity index (χ0v) is 11.2. The number of hydrogen-bond acceptors (Lipinski definition) is 3. The number of rotatable bonds is 4. The molecule has 0 fully saturated rings. The lowest BCUT2D eigenvalue weighted by molar-refractivity contribution is -0.138. The number of benzene rings is 1. The molecular formula is C11H10BrN3O4. The largest absolute Gasteiger partial charge is 0.481 e. The third-order valence-electron chi connectivity index (χ3n) is 2.44. The minimum absolute atomic E-state index is 0.108. The van der Waals surface area contributed by atoms with E-state index in [0.717, 1.165) is 0 Å². The average Bonchev–Trinajstić information content (AvgIpc) is 2.66. The van der Waals surface area contributed by atoms with Gasteiger partial charge in [-0.15, -0.1) is 0 Å². The first kappa shape index (κ1) is 13.3. The molecule has 0 radical (unpaired) electrons. The summed E-state index contributed by atoms with van der Waals surface area (Å²) >= 11 is 3.27. The van der Waals surface area contributed by atoms with Crippen molar-refractivity contribution in [2.24, 2.45) is 0 Å². The topological polar surface area (TPSA) is 115 Å². The average molecular weight is 328 g/mol. The van der Waals surface area contributed by atoms with E-state index in [1.54, 1.807) is 12.1 Å². The fraction of sp³-hybridized carbons (Fsp3) is 0.182. The van der Waals surface area contributed by atoms with Crippen LogP contribution in [0, 0.1) is 0 Å². The van der Waals surface area contributed by atoms with Crippen molar-refractivity contribution in [3.8, 4) is 0 Å². The lowest BCUT2D eigenvalue weighted by Gasteiger charge is -2.06. The Morgan fingerprint density at radius 2 is 1.84 bits per heavy atom. The highest BCUT2D eigenvalue weighted by Gasteiger charge is 2.10. The summed E-state index contributed by atoms with van der Waals surface area (Å²) in [5, 5.41) is 11.1. The number of carbonyl (C=O) groups excluding carboxylic acids is 1.